The van der Waals surface area contributed by atoms with Gasteiger partial charge in [-0.2, -0.15) is 0 Å². The minimum absolute atomic E-state index is 0.110. The molecule has 0 radical (unpaired) electrons. The number of nitrogens with zero attached hydrogens (tertiary/aromatic N) is 2. The van der Waals surface area contributed by atoms with Crippen LogP contribution in [0, 0.1) is 0 Å². The summed E-state index contributed by atoms with van der Waals surface area (Å²) in [6.45, 7) is 7.95. The summed E-state index contributed by atoms with van der Waals surface area (Å²) in [5.74, 6) is -4.58. The number of ketones is 1. The fraction of sp³-hybridized carbons (Fsp3) is 0.278. The number of allylic oxidation sites excluding steroid dienone is 1. The van der Waals surface area contributed by atoms with Crippen LogP contribution in [0.3, 0.4) is 0 Å². The van der Waals surface area contributed by atoms with E-state index in [0.29, 0.717) is 23.1 Å². The van der Waals surface area contributed by atoms with Crippen LogP contribution in [0.2, 0.25) is 0 Å². The highest BCUT2D eigenvalue weighted by Gasteiger charge is 2.54. The Morgan fingerprint density at radius 1 is 1.04 bits per heavy atom. The minimum Gasteiger partial charge on any atom is -0.458 e. The van der Waals surface area contributed by atoms with Gasteiger partial charge < -0.3 is 30.2 Å². The van der Waals surface area contributed by atoms with Gasteiger partial charge in [-0.15, -0.1) is 23.1 Å². The molecule has 0 aliphatic carbocycles. The van der Waals surface area contributed by atoms with Gasteiger partial charge in [-0.25, -0.2) is 19.4 Å². The van der Waals surface area contributed by atoms with Crippen LogP contribution >= 0.6 is 23.1 Å². The number of anilines is 1. The van der Waals surface area contributed by atoms with Gasteiger partial charge >= 0.3 is 18.0 Å². The number of ether oxygens (including phenoxy) is 3. The zero-order valence-corrected chi connectivity index (χ0v) is 30.4. The van der Waals surface area contributed by atoms with Crippen molar-refractivity contribution in [1.82, 2.24) is 20.5 Å². The average Bonchev–Trinajstić information content (AvgIpc) is 3.61. The second-order valence-corrected chi connectivity index (χ2v) is 14.5. The van der Waals surface area contributed by atoms with E-state index in [2.05, 4.69) is 27.5 Å². The van der Waals surface area contributed by atoms with Crippen LogP contribution in [0.4, 0.5) is 9.93 Å². The molecule has 3 aromatic rings. The van der Waals surface area contributed by atoms with E-state index in [9.17, 15) is 33.6 Å². The summed E-state index contributed by atoms with van der Waals surface area (Å²) < 4.78 is 16.8. The number of carbonyl (C=O) groups excluding carboxylic acids is 7. The van der Waals surface area contributed by atoms with Crippen molar-refractivity contribution in [2.45, 2.75) is 49.9 Å². The summed E-state index contributed by atoms with van der Waals surface area (Å²) in [6, 6.07) is 15.2. The van der Waals surface area contributed by atoms with Gasteiger partial charge in [0.25, 0.3) is 17.6 Å². The number of benzene rings is 2. The maximum atomic E-state index is 13.8. The molecule has 17 heteroatoms. The number of β-lactam (4-membered cyclic amide) rings is 1. The number of thiazole rings is 1. The lowest BCUT2D eigenvalue weighted by atomic mass is 10.0. The molecule has 3 N–H and O–H groups in total. The average molecular weight is 762 g/mol. The van der Waals surface area contributed by atoms with Gasteiger partial charge in [-0.3, -0.25) is 24.1 Å². The molecule has 1 aromatic heterocycles. The number of nitrogens with one attached hydrogen (secondary N) is 3. The zero-order valence-electron chi connectivity index (χ0n) is 28.7. The van der Waals surface area contributed by atoms with Crippen molar-refractivity contribution >= 4 is 70.3 Å². The Labute approximate surface area is 312 Å². The first kappa shape index (κ1) is 38.4. The first-order valence-corrected chi connectivity index (χ1v) is 18.0. The molecule has 2 aliphatic rings. The van der Waals surface area contributed by atoms with Gasteiger partial charge in [-0.1, -0.05) is 73.3 Å². The Morgan fingerprint density at radius 3 is 2.26 bits per heavy atom. The van der Waals surface area contributed by atoms with E-state index >= 15 is 0 Å². The van der Waals surface area contributed by atoms with E-state index in [1.807, 2.05) is 12.1 Å². The third-order valence-electron chi connectivity index (χ3n) is 7.64. The van der Waals surface area contributed by atoms with Crippen LogP contribution in [0.15, 0.2) is 90.0 Å². The lowest BCUT2D eigenvalue weighted by Crippen LogP contribution is -2.71. The van der Waals surface area contributed by atoms with Crippen molar-refractivity contribution in [3.8, 4) is 0 Å². The topological polar surface area (TPSA) is 199 Å². The van der Waals surface area contributed by atoms with Crippen LogP contribution in [-0.4, -0.2) is 87.3 Å². The molecule has 15 nitrogen and oxygen atoms in total. The Hall–Kier alpha value is -5.81. The summed E-state index contributed by atoms with van der Waals surface area (Å²) in [5.41, 5.74) is 0.327. The first-order chi connectivity index (χ1) is 25.3. The Balaban J connectivity index is 1.31. The van der Waals surface area contributed by atoms with Crippen molar-refractivity contribution in [2.75, 3.05) is 17.7 Å². The van der Waals surface area contributed by atoms with E-state index in [0.717, 1.165) is 16.2 Å². The molecule has 0 spiro atoms. The number of hydrogen-bond donors (Lipinski definition) is 3. The van der Waals surface area contributed by atoms with Gasteiger partial charge in [0.05, 0.1) is 0 Å². The van der Waals surface area contributed by atoms with E-state index < -0.39 is 71.4 Å². The third-order valence-corrected chi connectivity index (χ3v) is 9.72. The summed E-state index contributed by atoms with van der Waals surface area (Å²) in [5, 5.41) is 7.73. The van der Waals surface area contributed by atoms with Gasteiger partial charge in [0.15, 0.2) is 17.3 Å². The van der Waals surface area contributed by atoms with E-state index in [4.69, 9.17) is 14.2 Å². The summed E-state index contributed by atoms with van der Waals surface area (Å²) >= 11 is 2.15. The van der Waals surface area contributed by atoms with Crippen LogP contribution in [0.1, 0.15) is 48.5 Å². The monoisotopic (exact) mass is 761 g/mol. The van der Waals surface area contributed by atoms with Gasteiger partial charge in [0.1, 0.15) is 35.0 Å². The lowest BCUT2D eigenvalue weighted by molar-refractivity contribution is -0.157. The molecule has 3 atom stereocenters. The summed E-state index contributed by atoms with van der Waals surface area (Å²) in [7, 11) is 0. The largest absolute Gasteiger partial charge is 0.458 e. The number of amides is 4. The van der Waals surface area contributed by atoms with Crippen LogP contribution in [-0.2, 0) is 38.2 Å². The number of fused-ring (bicyclic) bond motifs is 1. The number of thioether (sulfide) groups is 1. The number of hydrogen-bond acceptors (Lipinski definition) is 13. The molecule has 276 valence electrons. The number of aromatic nitrogens is 1. The SMILES string of the molecule is C=CC1=C(C(=O)OCC(NC(=O)OC(C)(C)C)C(=O)OC(c2ccccc2)c2ccccc2)N2C(=O)C(NC(=O)C(=O)c3csc(NC=O)n3)[C@@H]2SC1. The molecule has 2 unspecified atom stereocenters. The van der Waals surface area contributed by atoms with Crippen LogP contribution in [0.5, 0.6) is 0 Å². The molecular formula is C36H35N5O10S2. The Bertz CT molecular complexity index is 1900. The highest BCUT2D eigenvalue weighted by molar-refractivity contribution is 8.00. The molecule has 5 rings (SSSR count). The fourth-order valence-electron chi connectivity index (χ4n) is 5.23. The molecule has 0 saturated carbocycles. The minimum atomic E-state index is -1.54. The number of rotatable bonds is 14. The fourth-order valence-corrected chi connectivity index (χ4v) is 7.23. The number of alkyl carbamates (subject to hydrolysis) is 1. The molecule has 1 fully saturated rings. The first-order valence-electron chi connectivity index (χ1n) is 16.1. The molecule has 4 amide bonds. The van der Waals surface area contributed by atoms with Gasteiger partial charge in [0.2, 0.25) is 6.41 Å². The zero-order chi connectivity index (χ0) is 38.3. The Kier molecular flexibility index (Phi) is 12.1. The van der Waals surface area contributed by atoms with E-state index in [-0.39, 0.29) is 22.3 Å². The second-order valence-electron chi connectivity index (χ2n) is 12.5. The van der Waals surface area contributed by atoms with Crippen LogP contribution in [0.25, 0.3) is 0 Å². The molecular weight excluding hydrogens is 727 g/mol. The maximum Gasteiger partial charge on any atom is 0.408 e. The lowest BCUT2D eigenvalue weighted by Gasteiger charge is -2.49. The van der Waals surface area contributed by atoms with Gasteiger partial charge in [-0.05, 0) is 37.5 Å². The molecule has 0 bridgehead atoms. The highest BCUT2D eigenvalue weighted by Crippen LogP contribution is 2.41. The predicted molar refractivity (Wildman–Crippen MR) is 193 cm³/mol. The van der Waals surface area contributed by atoms with E-state index in [1.165, 1.54) is 23.2 Å². The Morgan fingerprint density at radius 2 is 1.68 bits per heavy atom. The van der Waals surface area contributed by atoms with Crippen molar-refractivity contribution < 1.29 is 47.8 Å². The van der Waals surface area contributed by atoms with E-state index in [1.54, 1.807) is 69.3 Å². The second kappa shape index (κ2) is 16.7. The smallest absolute Gasteiger partial charge is 0.408 e. The molecule has 2 aliphatic heterocycles. The molecule has 3 heterocycles. The standard InChI is InChI=1S/C36H35N5O10S2/c1-5-20-17-52-31-25(40-29(44)27(43)24-18-53-34(38-24)37-19-42)30(45)41(31)26(20)33(47)49-16-23(39-35(48)51-36(2,3)4)32(46)50-28(21-12-8-6-9-13-21)22-14-10-7-11-15-22/h5-15,18-19,23,25,28,31H,1,16-17H2,2-4H3,(H,39,48)(H,40,44)(H,37,38,42)/t23?,25?,31-/m0/s1. The van der Waals surface area contributed by atoms with Crippen molar-refractivity contribution in [1.29, 1.82) is 0 Å². The molecule has 1 saturated heterocycles. The summed E-state index contributed by atoms with van der Waals surface area (Å²) in [4.78, 5) is 94.7. The number of esters is 2. The summed E-state index contributed by atoms with van der Waals surface area (Å²) in [6.07, 6.45) is -0.0889. The predicted octanol–water partition coefficient (Wildman–Crippen LogP) is 3.50. The van der Waals surface area contributed by atoms with Crippen LogP contribution < -0.4 is 16.0 Å². The third kappa shape index (κ3) is 9.17. The number of Topliss-reactive ketones (excluding diaryl/α,β-unsaturated/α-hetero) is 1. The van der Waals surface area contributed by atoms with Gasteiger partial charge in [0, 0.05) is 11.1 Å². The quantitative estimate of drug-likeness (QED) is 0.0541. The highest BCUT2D eigenvalue weighted by atomic mass is 32.2. The maximum absolute atomic E-state index is 13.8. The molecule has 53 heavy (non-hydrogen) atoms. The van der Waals surface area contributed by atoms with Crippen molar-refractivity contribution in [2.24, 2.45) is 0 Å². The van der Waals surface area contributed by atoms with Crippen molar-refractivity contribution in [3.05, 3.63) is 107 Å². The van der Waals surface area contributed by atoms with Crippen molar-refractivity contribution in [3.63, 3.8) is 0 Å². The molecule has 2 aromatic carbocycles. The normalized spacial score (nSPS) is 17.1. The number of carbonyl (C=O) groups is 7.